The molecule has 2 amide bonds. The van der Waals surface area contributed by atoms with Crippen molar-refractivity contribution in [3.63, 3.8) is 0 Å². The number of ether oxygens (including phenoxy) is 1. The molecule has 0 saturated carbocycles. The van der Waals surface area contributed by atoms with E-state index in [0.717, 1.165) is 23.8 Å². The van der Waals surface area contributed by atoms with Gasteiger partial charge in [0.2, 0.25) is 5.91 Å². The summed E-state index contributed by atoms with van der Waals surface area (Å²) in [5.41, 5.74) is 0.421. The smallest absolute Gasteiger partial charge is 0.447 e. The summed E-state index contributed by atoms with van der Waals surface area (Å²) >= 11 is 0. The van der Waals surface area contributed by atoms with Crippen molar-refractivity contribution in [3.05, 3.63) is 77.4 Å². The molecule has 37 heavy (non-hydrogen) atoms. The largest absolute Gasteiger partial charge is 0.469 e. The molecule has 0 aliphatic carbocycles. The van der Waals surface area contributed by atoms with Gasteiger partial charge in [0.05, 0.1) is 12.6 Å². The predicted molar refractivity (Wildman–Crippen MR) is 131 cm³/mol. The zero-order valence-corrected chi connectivity index (χ0v) is 21.5. The maximum atomic E-state index is 14.6. The normalized spacial score (nSPS) is 16.8. The SMILES string of the molecule is CC(C)(C)[C@H](NC(=O)OCCOP(=O)(O)O)C(=O)N1CC(c2cc(F)ccc2F)=CC1c1ccccc1. The first-order chi connectivity index (χ1) is 17.3. The lowest BCUT2D eigenvalue weighted by Crippen LogP contribution is -2.55. The fourth-order valence-corrected chi connectivity index (χ4v) is 4.25. The number of phosphoric acid groups is 1. The number of nitrogens with zero attached hydrogens (tertiary/aromatic N) is 1. The first-order valence-corrected chi connectivity index (χ1v) is 12.9. The highest BCUT2D eigenvalue weighted by molar-refractivity contribution is 7.46. The molecule has 200 valence electrons. The average molecular weight is 538 g/mol. The maximum absolute atomic E-state index is 14.6. The van der Waals surface area contributed by atoms with Crippen molar-refractivity contribution in [3.8, 4) is 0 Å². The van der Waals surface area contributed by atoms with E-state index in [1.807, 2.05) is 6.07 Å². The summed E-state index contributed by atoms with van der Waals surface area (Å²) in [5.74, 6) is -1.72. The van der Waals surface area contributed by atoms with Crippen LogP contribution in [0.3, 0.4) is 0 Å². The second kappa shape index (κ2) is 11.5. The van der Waals surface area contributed by atoms with Crippen LogP contribution in [0.15, 0.2) is 54.6 Å². The van der Waals surface area contributed by atoms with E-state index in [0.29, 0.717) is 5.57 Å². The van der Waals surface area contributed by atoms with Gasteiger partial charge in [-0.25, -0.2) is 18.1 Å². The second-order valence-corrected chi connectivity index (χ2v) is 10.8. The van der Waals surface area contributed by atoms with Gasteiger partial charge in [-0.1, -0.05) is 57.2 Å². The van der Waals surface area contributed by atoms with Crippen molar-refractivity contribution in [2.45, 2.75) is 32.9 Å². The summed E-state index contributed by atoms with van der Waals surface area (Å²) in [7, 11) is -4.71. The van der Waals surface area contributed by atoms with Gasteiger partial charge in [-0.2, -0.15) is 0 Å². The van der Waals surface area contributed by atoms with Crippen LogP contribution in [0.5, 0.6) is 0 Å². The molecule has 0 saturated heterocycles. The molecule has 3 N–H and O–H groups in total. The van der Waals surface area contributed by atoms with Gasteiger partial charge in [0.15, 0.2) is 0 Å². The summed E-state index contributed by atoms with van der Waals surface area (Å²) in [6.07, 6.45) is 0.713. The molecule has 1 aliphatic rings. The Bertz CT molecular complexity index is 1210. The zero-order chi connectivity index (χ0) is 27.4. The molecular weight excluding hydrogens is 509 g/mol. The number of nitrogens with one attached hydrogen (secondary N) is 1. The fraction of sp³-hybridized carbons (Fsp3) is 0.360. The lowest BCUT2D eigenvalue weighted by molar-refractivity contribution is -0.136. The van der Waals surface area contributed by atoms with E-state index in [1.54, 1.807) is 51.1 Å². The van der Waals surface area contributed by atoms with Crippen molar-refractivity contribution >= 4 is 25.4 Å². The summed E-state index contributed by atoms with van der Waals surface area (Å²) in [4.78, 5) is 45.1. The molecule has 1 aliphatic heterocycles. The number of hydrogen-bond donors (Lipinski definition) is 3. The molecule has 1 unspecified atom stereocenters. The molecule has 0 bridgehead atoms. The Hall–Kier alpha value is -3.11. The molecule has 3 rings (SSSR count). The van der Waals surface area contributed by atoms with Crippen LogP contribution >= 0.6 is 7.82 Å². The molecule has 0 aromatic heterocycles. The Morgan fingerprint density at radius 1 is 1.14 bits per heavy atom. The Morgan fingerprint density at radius 3 is 2.43 bits per heavy atom. The molecule has 2 atom stereocenters. The van der Waals surface area contributed by atoms with Crippen LogP contribution in [0, 0.1) is 17.0 Å². The minimum atomic E-state index is -4.71. The van der Waals surface area contributed by atoms with E-state index in [1.165, 1.54) is 4.90 Å². The van der Waals surface area contributed by atoms with E-state index in [9.17, 15) is 22.9 Å². The molecule has 2 aromatic carbocycles. The van der Waals surface area contributed by atoms with E-state index in [-0.39, 0.29) is 12.1 Å². The van der Waals surface area contributed by atoms with Crippen LogP contribution < -0.4 is 5.32 Å². The Labute approximate surface area is 213 Å². The molecule has 0 spiro atoms. The van der Waals surface area contributed by atoms with E-state index in [2.05, 4.69) is 9.84 Å². The lowest BCUT2D eigenvalue weighted by atomic mass is 9.85. The first-order valence-electron chi connectivity index (χ1n) is 11.4. The van der Waals surface area contributed by atoms with Gasteiger partial charge < -0.3 is 24.7 Å². The van der Waals surface area contributed by atoms with Crippen LogP contribution in [0.4, 0.5) is 13.6 Å². The topological polar surface area (TPSA) is 125 Å². The van der Waals surface area contributed by atoms with Crippen LogP contribution in [0.25, 0.3) is 5.57 Å². The van der Waals surface area contributed by atoms with Crippen molar-refractivity contribution in [2.75, 3.05) is 19.8 Å². The van der Waals surface area contributed by atoms with Gasteiger partial charge in [0.1, 0.15) is 24.3 Å². The fourth-order valence-electron chi connectivity index (χ4n) is 3.94. The van der Waals surface area contributed by atoms with Gasteiger partial charge in [-0.05, 0) is 34.8 Å². The van der Waals surface area contributed by atoms with E-state index >= 15 is 0 Å². The number of carbonyl (C=O) groups is 2. The van der Waals surface area contributed by atoms with E-state index in [4.69, 9.17) is 14.5 Å². The number of phosphoric ester groups is 1. The third kappa shape index (κ3) is 7.69. The minimum Gasteiger partial charge on any atom is -0.447 e. The first kappa shape index (κ1) is 28.5. The highest BCUT2D eigenvalue weighted by Crippen LogP contribution is 2.38. The summed E-state index contributed by atoms with van der Waals surface area (Å²) < 4.78 is 48.4. The molecule has 9 nitrogen and oxygen atoms in total. The summed E-state index contributed by atoms with van der Waals surface area (Å²) in [5, 5.41) is 2.52. The third-order valence-corrected chi connectivity index (χ3v) is 6.20. The van der Waals surface area contributed by atoms with Crippen molar-refractivity contribution in [1.29, 1.82) is 0 Å². The lowest BCUT2D eigenvalue weighted by Gasteiger charge is -2.35. The van der Waals surface area contributed by atoms with Crippen LogP contribution in [0.2, 0.25) is 0 Å². The quantitative estimate of drug-likeness (QED) is 0.340. The summed E-state index contributed by atoms with van der Waals surface area (Å²) in [6.45, 7) is 4.18. The standard InChI is InChI=1S/C25H29F2N2O7P/c1-25(2,3)22(28-24(31)35-11-12-36-37(32,33)34)23(30)29-15-17(19-14-18(26)9-10-20(19)27)13-21(29)16-7-5-4-6-8-16/h4-10,13-14,21-22H,11-12,15H2,1-3H3,(H,28,31)(H2,32,33,34)/t21?,22-/m1/s1. The van der Waals surface area contributed by atoms with Crippen LogP contribution in [0.1, 0.15) is 37.9 Å². The highest BCUT2D eigenvalue weighted by atomic mass is 31.2. The molecular formula is C25H29F2N2O7P. The van der Waals surface area contributed by atoms with Crippen LogP contribution in [-0.4, -0.2) is 52.5 Å². The average Bonchev–Trinajstić information content (AvgIpc) is 3.26. The monoisotopic (exact) mass is 538 g/mol. The van der Waals surface area contributed by atoms with Gasteiger partial charge in [-0.3, -0.25) is 9.32 Å². The zero-order valence-electron chi connectivity index (χ0n) is 20.6. The third-order valence-electron chi connectivity index (χ3n) is 5.69. The summed E-state index contributed by atoms with van der Waals surface area (Å²) in [6, 6.07) is 10.4. The number of carbonyl (C=O) groups excluding carboxylic acids is 2. The van der Waals surface area contributed by atoms with Gasteiger partial charge in [0.25, 0.3) is 0 Å². The molecule has 0 radical (unpaired) electrons. The highest BCUT2D eigenvalue weighted by Gasteiger charge is 2.41. The number of amides is 2. The van der Waals surface area contributed by atoms with E-state index < -0.39 is 62.2 Å². The minimum absolute atomic E-state index is 0.0296. The number of halogens is 2. The van der Waals surface area contributed by atoms with Gasteiger partial charge in [0, 0.05) is 12.1 Å². The Morgan fingerprint density at radius 2 is 1.81 bits per heavy atom. The Balaban J connectivity index is 1.85. The molecule has 1 heterocycles. The number of benzene rings is 2. The van der Waals surface area contributed by atoms with Crippen LogP contribution in [-0.2, 0) is 18.6 Å². The second-order valence-electron chi connectivity index (χ2n) is 9.54. The predicted octanol–water partition coefficient (Wildman–Crippen LogP) is 4.18. The maximum Gasteiger partial charge on any atom is 0.469 e. The molecule has 12 heteroatoms. The van der Waals surface area contributed by atoms with Gasteiger partial charge in [-0.15, -0.1) is 0 Å². The molecule has 0 fully saturated rings. The van der Waals surface area contributed by atoms with Gasteiger partial charge >= 0.3 is 13.9 Å². The van der Waals surface area contributed by atoms with Crippen molar-refractivity contribution < 1.29 is 42.0 Å². The molecule has 2 aromatic rings. The number of alkyl carbamates (subject to hydrolysis) is 1. The number of hydrogen-bond acceptors (Lipinski definition) is 5. The van der Waals surface area contributed by atoms with Crippen molar-refractivity contribution in [1.82, 2.24) is 10.2 Å². The van der Waals surface area contributed by atoms with Crippen molar-refractivity contribution in [2.24, 2.45) is 5.41 Å². The Kier molecular flexibility index (Phi) is 8.86. The number of rotatable bonds is 8.